The van der Waals surface area contributed by atoms with Gasteiger partial charge in [0, 0.05) is 35.4 Å². The number of unbranched alkanes of at least 4 members (excludes halogenated alkanes) is 1. The molecule has 1 saturated carbocycles. The van der Waals surface area contributed by atoms with E-state index in [0.29, 0.717) is 19.1 Å². The van der Waals surface area contributed by atoms with Crippen molar-refractivity contribution < 1.29 is 9.53 Å². The second-order valence-corrected chi connectivity index (χ2v) is 9.86. The summed E-state index contributed by atoms with van der Waals surface area (Å²) in [6.45, 7) is 4.22. The minimum Gasteiger partial charge on any atom is -0.497 e. The van der Waals surface area contributed by atoms with Gasteiger partial charge < -0.3 is 19.5 Å². The molecule has 0 bridgehead atoms. The molecule has 34 heavy (non-hydrogen) atoms. The van der Waals surface area contributed by atoms with E-state index in [9.17, 15) is 4.79 Å². The number of amides is 2. The van der Waals surface area contributed by atoms with Gasteiger partial charge in [0.1, 0.15) is 10.8 Å². The van der Waals surface area contributed by atoms with Crippen molar-refractivity contribution >= 4 is 17.4 Å². The van der Waals surface area contributed by atoms with Gasteiger partial charge in [-0.15, -0.1) is 11.3 Å². The topological polar surface area (TPSA) is 59.4 Å². The highest BCUT2D eigenvalue weighted by Gasteiger charge is 2.26. The fraction of sp³-hybridized carbons (Fsp3) is 0.481. The Balaban J connectivity index is 1.46. The smallest absolute Gasteiger partial charge is 0.318 e. The number of nitrogens with zero attached hydrogens (tertiary/aromatic N) is 3. The van der Waals surface area contributed by atoms with Crippen LogP contribution in [-0.2, 0) is 13.1 Å². The van der Waals surface area contributed by atoms with Crippen LogP contribution in [0.5, 0.6) is 5.75 Å². The van der Waals surface area contributed by atoms with Crippen molar-refractivity contribution in [1.82, 2.24) is 19.8 Å². The molecule has 0 aliphatic heterocycles. The van der Waals surface area contributed by atoms with Crippen LogP contribution >= 0.6 is 11.3 Å². The van der Waals surface area contributed by atoms with Crippen LogP contribution in [0.25, 0.3) is 10.6 Å². The molecule has 1 fully saturated rings. The molecule has 2 amide bonds. The monoisotopic (exact) mass is 480 g/mol. The Hall–Kier alpha value is -2.80. The summed E-state index contributed by atoms with van der Waals surface area (Å²) in [6.07, 6.45) is 10.1. The number of aromatic nitrogens is 2. The maximum Gasteiger partial charge on any atom is 0.318 e. The van der Waals surface area contributed by atoms with Crippen LogP contribution in [0.3, 0.4) is 0 Å². The summed E-state index contributed by atoms with van der Waals surface area (Å²) in [4.78, 5) is 20.0. The van der Waals surface area contributed by atoms with Gasteiger partial charge in [0.25, 0.3) is 0 Å². The van der Waals surface area contributed by atoms with E-state index < -0.39 is 0 Å². The van der Waals surface area contributed by atoms with Crippen molar-refractivity contribution in [1.29, 1.82) is 0 Å². The molecular weight excluding hydrogens is 444 g/mol. The summed E-state index contributed by atoms with van der Waals surface area (Å²) in [7, 11) is 1.68. The molecule has 182 valence electrons. The highest BCUT2D eigenvalue weighted by atomic mass is 32.1. The maximum absolute atomic E-state index is 13.1. The molecule has 0 saturated heterocycles. The van der Waals surface area contributed by atoms with Crippen LogP contribution in [0.1, 0.15) is 63.3 Å². The molecule has 0 radical (unpaired) electrons. The van der Waals surface area contributed by atoms with E-state index in [0.717, 1.165) is 59.9 Å². The molecule has 2 aromatic heterocycles. The molecule has 0 unspecified atom stereocenters. The summed E-state index contributed by atoms with van der Waals surface area (Å²) < 4.78 is 7.48. The molecule has 7 heteroatoms. The van der Waals surface area contributed by atoms with Crippen molar-refractivity contribution in [2.45, 2.75) is 71.0 Å². The summed E-state index contributed by atoms with van der Waals surface area (Å²) in [5, 5.41) is 6.28. The van der Waals surface area contributed by atoms with Gasteiger partial charge in [-0.3, -0.25) is 0 Å². The predicted molar refractivity (Wildman–Crippen MR) is 138 cm³/mol. The summed E-state index contributed by atoms with van der Waals surface area (Å²) >= 11 is 1.66. The molecule has 0 spiro atoms. The Kier molecular flexibility index (Phi) is 8.63. The molecule has 2 heterocycles. The molecule has 1 aliphatic rings. The number of hydrogen-bond acceptors (Lipinski definition) is 4. The number of carbonyl (C=O) groups is 1. The molecule has 4 rings (SSSR count). The SMILES string of the molecule is CCCCNC(=O)N(Cc1cccn1Cc1csc(-c2ccc(OC)cc2)n1)C1CCCCC1. The minimum atomic E-state index is 0.0727. The highest BCUT2D eigenvalue weighted by Crippen LogP contribution is 2.27. The first kappa shape index (κ1) is 24.3. The lowest BCUT2D eigenvalue weighted by molar-refractivity contribution is 0.149. The van der Waals surface area contributed by atoms with Crippen molar-refractivity contribution in [3.63, 3.8) is 0 Å². The first-order valence-electron chi connectivity index (χ1n) is 12.4. The van der Waals surface area contributed by atoms with E-state index in [1.54, 1.807) is 18.4 Å². The number of urea groups is 1. The number of thiazole rings is 1. The van der Waals surface area contributed by atoms with Gasteiger partial charge in [-0.2, -0.15) is 0 Å². The fourth-order valence-electron chi connectivity index (χ4n) is 4.58. The molecule has 1 aliphatic carbocycles. The van der Waals surface area contributed by atoms with Crippen molar-refractivity contribution in [2.75, 3.05) is 13.7 Å². The number of carbonyl (C=O) groups excluding carboxylic acids is 1. The predicted octanol–water partition coefficient (Wildman–Crippen LogP) is 6.31. The number of hydrogen-bond donors (Lipinski definition) is 1. The third-order valence-electron chi connectivity index (χ3n) is 6.56. The van der Waals surface area contributed by atoms with Crippen molar-refractivity contribution in [3.8, 4) is 16.3 Å². The van der Waals surface area contributed by atoms with E-state index >= 15 is 0 Å². The maximum atomic E-state index is 13.1. The van der Waals surface area contributed by atoms with Gasteiger partial charge in [-0.1, -0.05) is 32.6 Å². The van der Waals surface area contributed by atoms with Crippen LogP contribution in [0.4, 0.5) is 4.79 Å². The molecule has 3 aromatic rings. The Bertz CT molecular complexity index is 1040. The normalized spacial score (nSPS) is 14.2. The average Bonchev–Trinajstić information content (AvgIpc) is 3.53. The van der Waals surface area contributed by atoms with Gasteiger partial charge in [0.15, 0.2) is 0 Å². The van der Waals surface area contributed by atoms with Crippen molar-refractivity contribution in [2.24, 2.45) is 0 Å². The number of ether oxygens (including phenoxy) is 1. The Morgan fingerprint density at radius 2 is 2.00 bits per heavy atom. The van der Waals surface area contributed by atoms with E-state index in [4.69, 9.17) is 9.72 Å². The molecule has 1 aromatic carbocycles. The van der Waals surface area contributed by atoms with E-state index in [2.05, 4.69) is 45.4 Å². The first-order valence-corrected chi connectivity index (χ1v) is 13.3. The van der Waals surface area contributed by atoms with Gasteiger partial charge in [-0.25, -0.2) is 9.78 Å². The third kappa shape index (κ3) is 6.20. The standard InChI is InChI=1S/C27H36N4O2S/c1-3-4-16-28-27(32)31(23-9-6-5-7-10-23)19-24-11-8-17-30(24)18-22-20-34-26(29-22)21-12-14-25(33-2)15-13-21/h8,11-15,17,20,23H,3-7,9-10,16,18-19H2,1-2H3,(H,28,32). The van der Waals surface area contributed by atoms with Crippen LogP contribution in [-0.4, -0.2) is 40.2 Å². The lowest BCUT2D eigenvalue weighted by Gasteiger charge is -2.34. The fourth-order valence-corrected chi connectivity index (χ4v) is 5.39. The summed E-state index contributed by atoms with van der Waals surface area (Å²) in [6, 6.07) is 12.6. The first-order chi connectivity index (χ1) is 16.7. The number of rotatable bonds is 10. The van der Waals surface area contributed by atoms with Gasteiger partial charge in [-0.05, 0) is 55.7 Å². The number of nitrogens with one attached hydrogen (secondary N) is 1. The number of benzene rings is 1. The van der Waals surface area contributed by atoms with Gasteiger partial charge in [0.2, 0.25) is 0 Å². The zero-order valence-corrected chi connectivity index (χ0v) is 21.2. The second-order valence-electron chi connectivity index (χ2n) is 9.01. The van der Waals surface area contributed by atoms with E-state index in [1.165, 1.54) is 19.3 Å². The lowest BCUT2D eigenvalue weighted by atomic mass is 9.94. The quantitative estimate of drug-likeness (QED) is 0.346. The Labute approximate surface area is 207 Å². The number of methoxy groups -OCH3 is 1. The third-order valence-corrected chi connectivity index (χ3v) is 7.50. The van der Waals surface area contributed by atoms with Crippen LogP contribution in [0.15, 0.2) is 48.0 Å². The van der Waals surface area contributed by atoms with Gasteiger partial charge >= 0.3 is 6.03 Å². The van der Waals surface area contributed by atoms with E-state index in [1.807, 2.05) is 24.3 Å². The van der Waals surface area contributed by atoms with Crippen LogP contribution < -0.4 is 10.1 Å². The molecule has 1 N–H and O–H groups in total. The van der Waals surface area contributed by atoms with Gasteiger partial charge in [0.05, 0.1) is 25.9 Å². The van der Waals surface area contributed by atoms with E-state index in [-0.39, 0.29) is 6.03 Å². The van der Waals surface area contributed by atoms with Crippen LogP contribution in [0.2, 0.25) is 0 Å². The average molecular weight is 481 g/mol. The second kappa shape index (κ2) is 12.1. The Morgan fingerprint density at radius 3 is 2.74 bits per heavy atom. The lowest BCUT2D eigenvalue weighted by Crippen LogP contribution is -2.47. The van der Waals surface area contributed by atoms with Crippen molar-refractivity contribution in [3.05, 3.63) is 59.4 Å². The summed E-state index contributed by atoms with van der Waals surface area (Å²) in [5.74, 6) is 0.846. The zero-order chi connectivity index (χ0) is 23.8. The zero-order valence-electron chi connectivity index (χ0n) is 20.3. The summed E-state index contributed by atoms with van der Waals surface area (Å²) in [5.41, 5.74) is 3.28. The molecule has 0 atom stereocenters. The van der Waals surface area contributed by atoms with Crippen LogP contribution in [0, 0.1) is 0 Å². The minimum absolute atomic E-state index is 0.0727. The molecule has 6 nitrogen and oxygen atoms in total. The highest BCUT2D eigenvalue weighted by molar-refractivity contribution is 7.13. The Morgan fingerprint density at radius 1 is 1.21 bits per heavy atom. The largest absolute Gasteiger partial charge is 0.497 e. The molecular formula is C27H36N4O2S.